The number of halogens is 1. The first-order chi connectivity index (χ1) is 15.3. The second-order valence-electron chi connectivity index (χ2n) is 8.20. The second kappa shape index (κ2) is 8.72. The highest BCUT2D eigenvalue weighted by molar-refractivity contribution is 6.31. The van der Waals surface area contributed by atoms with Crippen LogP contribution in [0.25, 0.3) is 0 Å². The van der Waals surface area contributed by atoms with Gasteiger partial charge in [0.25, 0.3) is 0 Å². The largest absolute Gasteiger partial charge is 0.399 e. The molecule has 2 aliphatic heterocycles. The fraction of sp³-hybridized carbons (Fsp3) is 0.435. The van der Waals surface area contributed by atoms with Crippen molar-refractivity contribution in [2.24, 2.45) is 5.16 Å². The standard InChI is InChI=1S/C23H26ClNO7/c1-13(25-30-2)15-5-3-14(4-6-15)9-16-10-17(7-8-18(16)24)23-21(29)19(27)20(28)22(11-26,32-23)12-31-23/h3-8,10,19-21,26-29H,9,11-12H2,1-2H3/b25-13+/t19-,20-,21+,22+,23-/m0/s1. The Morgan fingerprint density at radius 3 is 2.53 bits per heavy atom. The maximum Gasteiger partial charge on any atom is 0.225 e. The van der Waals surface area contributed by atoms with Crippen LogP contribution in [0.4, 0.5) is 0 Å². The summed E-state index contributed by atoms with van der Waals surface area (Å²) in [5.74, 6) is -1.72. The SMILES string of the molecule is CO/N=C(\C)c1ccc(Cc2cc([C@]34OC[C@@](CO)(O3)[C@@H](O)[C@H](O)[C@H]4O)ccc2Cl)cc1. The molecule has 0 amide bonds. The lowest BCUT2D eigenvalue weighted by atomic mass is 9.83. The van der Waals surface area contributed by atoms with Gasteiger partial charge in [-0.05, 0) is 42.2 Å². The van der Waals surface area contributed by atoms with Crippen molar-refractivity contribution in [1.82, 2.24) is 0 Å². The van der Waals surface area contributed by atoms with Crippen LogP contribution in [-0.4, -0.2) is 70.4 Å². The third-order valence-electron chi connectivity index (χ3n) is 6.17. The molecule has 2 aromatic carbocycles. The number of benzene rings is 2. The molecule has 5 atom stereocenters. The van der Waals surface area contributed by atoms with Crippen LogP contribution in [0.2, 0.25) is 5.02 Å². The minimum Gasteiger partial charge on any atom is -0.399 e. The van der Waals surface area contributed by atoms with Crippen LogP contribution in [0.1, 0.15) is 29.2 Å². The zero-order valence-corrected chi connectivity index (χ0v) is 18.5. The van der Waals surface area contributed by atoms with E-state index in [1.807, 2.05) is 31.2 Å². The maximum absolute atomic E-state index is 10.7. The number of nitrogens with zero attached hydrogens (tertiary/aromatic N) is 1. The predicted molar refractivity (Wildman–Crippen MR) is 116 cm³/mol. The summed E-state index contributed by atoms with van der Waals surface area (Å²) in [7, 11) is 1.50. The van der Waals surface area contributed by atoms with E-state index in [0.717, 1.165) is 22.4 Å². The number of aliphatic hydroxyl groups excluding tert-OH is 4. The van der Waals surface area contributed by atoms with Crippen LogP contribution in [0.5, 0.6) is 0 Å². The molecule has 0 aromatic heterocycles. The number of ether oxygens (including phenoxy) is 2. The number of hydrogen-bond acceptors (Lipinski definition) is 8. The Morgan fingerprint density at radius 1 is 1.16 bits per heavy atom. The molecule has 0 saturated carbocycles. The predicted octanol–water partition coefficient (Wildman–Crippen LogP) is 1.33. The number of oxime groups is 1. The van der Waals surface area contributed by atoms with E-state index in [-0.39, 0.29) is 6.61 Å². The molecule has 172 valence electrons. The molecule has 0 radical (unpaired) electrons. The van der Waals surface area contributed by atoms with Crippen molar-refractivity contribution >= 4 is 17.3 Å². The van der Waals surface area contributed by atoms with Crippen LogP contribution < -0.4 is 0 Å². The minimum absolute atomic E-state index is 0.180. The summed E-state index contributed by atoms with van der Waals surface area (Å²) in [4.78, 5) is 4.81. The number of rotatable bonds is 6. The summed E-state index contributed by atoms with van der Waals surface area (Å²) in [6.07, 6.45) is -4.11. The Hall–Kier alpha value is -2.04. The first-order valence-electron chi connectivity index (χ1n) is 10.2. The van der Waals surface area contributed by atoms with Gasteiger partial charge in [0.2, 0.25) is 5.79 Å². The normalized spacial score (nSPS) is 32.2. The van der Waals surface area contributed by atoms with Gasteiger partial charge in [0.1, 0.15) is 31.0 Å². The number of fused-ring (bicyclic) bond motifs is 2. The first kappa shape index (κ1) is 23.1. The van der Waals surface area contributed by atoms with Crippen molar-refractivity contribution in [2.75, 3.05) is 20.3 Å². The third-order valence-corrected chi connectivity index (χ3v) is 6.54. The van der Waals surface area contributed by atoms with E-state index in [9.17, 15) is 20.4 Å². The zero-order chi connectivity index (χ0) is 23.1. The van der Waals surface area contributed by atoms with E-state index in [2.05, 4.69) is 5.16 Å². The monoisotopic (exact) mass is 463 g/mol. The molecule has 2 aromatic rings. The molecule has 2 saturated heterocycles. The lowest BCUT2D eigenvalue weighted by molar-refractivity contribution is -0.329. The van der Waals surface area contributed by atoms with Crippen LogP contribution in [-0.2, 0) is 26.5 Å². The zero-order valence-electron chi connectivity index (χ0n) is 17.7. The molecule has 32 heavy (non-hydrogen) atoms. The average Bonchev–Trinajstić information content (AvgIpc) is 3.19. The molecule has 2 aliphatic rings. The molecule has 0 spiro atoms. The molecule has 0 unspecified atom stereocenters. The minimum atomic E-state index is -1.72. The molecule has 9 heteroatoms. The fourth-order valence-corrected chi connectivity index (χ4v) is 4.46. The Labute approximate surface area is 190 Å². The van der Waals surface area contributed by atoms with Crippen molar-refractivity contribution in [3.63, 3.8) is 0 Å². The molecule has 2 heterocycles. The quantitative estimate of drug-likeness (QED) is 0.376. The lowest BCUT2D eigenvalue weighted by Gasteiger charge is -2.46. The summed E-state index contributed by atoms with van der Waals surface area (Å²) in [6, 6.07) is 12.8. The van der Waals surface area contributed by atoms with Crippen LogP contribution >= 0.6 is 11.6 Å². The van der Waals surface area contributed by atoms with Gasteiger partial charge in [-0.3, -0.25) is 0 Å². The Balaban J connectivity index is 1.64. The van der Waals surface area contributed by atoms with E-state index in [4.69, 9.17) is 25.9 Å². The van der Waals surface area contributed by atoms with Crippen molar-refractivity contribution < 1.29 is 34.7 Å². The van der Waals surface area contributed by atoms with Gasteiger partial charge in [0.05, 0.1) is 18.9 Å². The van der Waals surface area contributed by atoms with Crippen molar-refractivity contribution in [2.45, 2.75) is 43.0 Å². The lowest BCUT2D eigenvalue weighted by Crippen LogP contribution is -2.65. The van der Waals surface area contributed by atoms with E-state index >= 15 is 0 Å². The maximum atomic E-state index is 10.7. The number of hydrogen-bond donors (Lipinski definition) is 4. The van der Waals surface area contributed by atoms with Gasteiger partial charge in [0, 0.05) is 10.6 Å². The van der Waals surface area contributed by atoms with E-state index < -0.39 is 36.3 Å². The smallest absolute Gasteiger partial charge is 0.225 e. The summed E-state index contributed by atoms with van der Waals surface area (Å²) in [5.41, 5.74) is 2.36. The van der Waals surface area contributed by atoms with Gasteiger partial charge < -0.3 is 34.7 Å². The Bertz CT molecular complexity index is 1010. The molecule has 2 bridgehead atoms. The van der Waals surface area contributed by atoms with E-state index in [1.54, 1.807) is 18.2 Å². The van der Waals surface area contributed by atoms with Gasteiger partial charge in [0.15, 0.2) is 0 Å². The van der Waals surface area contributed by atoms with Gasteiger partial charge >= 0.3 is 0 Å². The summed E-state index contributed by atoms with van der Waals surface area (Å²) >= 11 is 6.44. The topological polar surface area (TPSA) is 121 Å². The van der Waals surface area contributed by atoms with Gasteiger partial charge in [-0.2, -0.15) is 0 Å². The van der Waals surface area contributed by atoms with Crippen LogP contribution in [0, 0.1) is 0 Å². The van der Waals surface area contributed by atoms with Crippen LogP contribution in [0.15, 0.2) is 47.6 Å². The number of aliphatic hydroxyl groups is 4. The third kappa shape index (κ3) is 3.72. The van der Waals surface area contributed by atoms with Crippen molar-refractivity contribution in [1.29, 1.82) is 0 Å². The average molecular weight is 464 g/mol. The van der Waals surface area contributed by atoms with Gasteiger partial charge in [-0.1, -0.05) is 47.1 Å². The Morgan fingerprint density at radius 2 is 1.88 bits per heavy atom. The molecule has 4 N–H and O–H groups in total. The van der Waals surface area contributed by atoms with Crippen molar-refractivity contribution in [3.05, 3.63) is 69.7 Å². The van der Waals surface area contributed by atoms with Gasteiger partial charge in [-0.15, -0.1) is 0 Å². The van der Waals surface area contributed by atoms with Crippen LogP contribution in [0.3, 0.4) is 0 Å². The van der Waals surface area contributed by atoms with Crippen molar-refractivity contribution in [3.8, 4) is 0 Å². The summed E-state index contributed by atoms with van der Waals surface area (Å²) < 4.78 is 11.7. The molecule has 4 rings (SSSR count). The Kier molecular flexibility index (Phi) is 6.30. The van der Waals surface area contributed by atoms with E-state index in [0.29, 0.717) is 17.0 Å². The molecule has 8 nitrogen and oxygen atoms in total. The summed E-state index contributed by atoms with van der Waals surface area (Å²) in [5, 5.41) is 45.7. The van der Waals surface area contributed by atoms with E-state index in [1.165, 1.54) is 7.11 Å². The molecular formula is C23H26ClNO7. The summed E-state index contributed by atoms with van der Waals surface area (Å²) in [6.45, 7) is 1.10. The highest BCUT2D eigenvalue weighted by atomic mass is 35.5. The van der Waals surface area contributed by atoms with Gasteiger partial charge in [-0.25, -0.2) is 0 Å². The molecule has 2 fully saturated rings. The highest BCUT2D eigenvalue weighted by Gasteiger charge is 2.67. The molecule has 0 aliphatic carbocycles. The highest BCUT2D eigenvalue weighted by Crippen LogP contribution is 2.49. The fourth-order valence-electron chi connectivity index (χ4n) is 4.28. The molecular weight excluding hydrogens is 438 g/mol. The first-order valence-corrected chi connectivity index (χ1v) is 10.6. The second-order valence-corrected chi connectivity index (χ2v) is 8.61.